The maximum absolute atomic E-state index is 6.47. The van der Waals surface area contributed by atoms with Crippen molar-refractivity contribution in [1.29, 1.82) is 0 Å². The lowest BCUT2D eigenvalue weighted by molar-refractivity contribution is 0.483. The Kier molecular flexibility index (Phi) is 5.30. The van der Waals surface area contributed by atoms with Gasteiger partial charge in [-0.15, -0.1) is 0 Å². The topological polar surface area (TPSA) is 50.8 Å². The zero-order valence-corrected chi connectivity index (χ0v) is 21.9. The van der Waals surface area contributed by atoms with E-state index in [0.29, 0.717) is 0 Å². The van der Waals surface area contributed by atoms with E-state index in [4.69, 9.17) is 9.72 Å². The summed E-state index contributed by atoms with van der Waals surface area (Å²) in [6, 6.07) is 42.6. The van der Waals surface area contributed by atoms with Crippen LogP contribution in [0, 0.1) is 6.92 Å². The third-order valence-corrected chi connectivity index (χ3v) is 12.1. The molecular weight excluding hydrogens is 482 g/mol. The molecule has 0 aliphatic carbocycles. The van der Waals surface area contributed by atoms with Gasteiger partial charge in [-0.2, -0.15) is 5.10 Å². The summed E-state index contributed by atoms with van der Waals surface area (Å²) in [6.07, 6.45) is 1.91. The van der Waals surface area contributed by atoms with Crippen LogP contribution in [0.1, 0.15) is 5.69 Å². The summed E-state index contributed by atoms with van der Waals surface area (Å²) in [6.45, 7) is 2.00. The molecule has 0 spiro atoms. The van der Waals surface area contributed by atoms with Crippen LogP contribution < -0.4 is 25.6 Å². The predicted octanol–water partition coefficient (Wildman–Crippen LogP) is 4.93. The van der Waals surface area contributed by atoms with E-state index in [9.17, 15) is 0 Å². The molecule has 0 saturated heterocycles. The Hall–Kier alpha value is -4.74. The second-order valence-electron chi connectivity index (χ2n) is 9.65. The summed E-state index contributed by atoms with van der Waals surface area (Å²) < 4.78 is 6.47. The molecule has 7 rings (SSSR count). The molecule has 0 radical (unpaired) electrons. The van der Waals surface area contributed by atoms with E-state index in [-0.39, 0.29) is 0 Å². The minimum atomic E-state index is -2.64. The van der Waals surface area contributed by atoms with Gasteiger partial charge < -0.3 is 4.74 Å². The van der Waals surface area contributed by atoms with Gasteiger partial charge in [0, 0.05) is 22.8 Å². The molecule has 4 aromatic carbocycles. The van der Waals surface area contributed by atoms with Gasteiger partial charge in [-0.05, 0) is 76.1 Å². The van der Waals surface area contributed by atoms with E-state index in [2.05, 4.69) is 89.1 Å². The number of rotatable bonds is 5. The molecule has 5 heteroatoms. The largest absolute Gasteiger partial charge is 0.457 e. The fraction of sp³-hybridized carbons (Fsp3) is 0.0303. The number of nitrogens with one attached hydrogen (secondary N) is 1. The van der Waals surface area contributed by atoms with Gasteiger partial charge in [0.05, 0.1) is 5.69 Å². The maximum atomic E-state index is 6.47. The van der Waals surface area contributed by atoms with Crippen LogP contribution in [0.5, 0.6) is 11.5 Å². The molecule has 0 saturated carbocycles. The highest BCUT2D eigenvalue weighted by Crippen LogP contribution is 2.30. The summed E-state index contributed by atoms with van der Waals surface area (Å²) in [7, 11) is -2.64. The Labute approximate surface area is 222 Å². The molecule has 0 atom stereocenters. The second kappa shape index (κ2) is 8.98. The number of H-pyrrole nitrogens is 1. The molecule has 3 heterocycles. The standard InChI is InChI=1S/C33H25N3OSi/c1-23-20-30(36-35-23)24-10-8-11-25(21-24)37-26-12-9-13-27(22-26)38(33-18-6-7-19-34-33)31-16-4-2-14-28(31)29-15-3-5-17-32(29)38/h2-22H,1H3,(H,35,36). The van der Waals surface area contributed by atoms with Crippen molar-refractivity contribution in [1.82, 2.24) is 15.2 Å². The molecule has 38 heavy (non-hydrogen) atoms. The first-order valence-corrected chi connectivity index (χ1v) is 14.8. The smallest absolute Gasteiger partial charge is 0.203 e. The average Bonchev–Trinajstić information content (AvgIpc) is 3.54. The van der Waals surface area contributed by atoms with Gasteiger partial charge in [-0.1, -0.05) is 78.9 Å². The Balaban J connectivity index is 1.38. The molecule has 1 aliphatic rings. The van der Waals surface area contributed by atoms with E-state index in [1.54, 1.807) is 0 Å². The summed E-state index contributed by atoms with van der Waals surface area (Å²) in [5, 5.41) is 12.5. The van der Waals surface area contributed by atoms with Crippen LogP contribution >= 0.6 is 0 Å². The summed E-state index contributed by atoms with van der Waals surface area (Å²) >= 11 is 0. The van der Waals surface area contributed by atoms with Crippen molar-refractivity contribution in [3.63, 3.8) is 0 Å². The fourth-order valence-corrected chi connectivity index (χ4v) is 10.8. The summed E-state index contributed by atoms with van der Waals surface area (Å²) in [5.41, 5.74) is 5.55. The summed E-state index contributed by atoms with van der Waals surface area (Å²) in [5.74, 6) is 1.59. The van der Waals surface area contributed by atoms with Gasteiger partial charge in [-0.3, -0.25) is 10.1 Å². The van der Waals surface area contributed by atoms with Crippen LogP contribution in [-0.2, 0) is 0 Å². The fourth-order valence-electron chi connectivity index (χ4n) is 5.77. The van der Waals surface area contributed by atoms with E-state index >= 15 is 0 Å². The molecular formula is C33H25N3OSi. The van der Waals surface area contributed by atoms with Gasteiger partial charge >= 0.3 is 0 Å². The Morgan fingerprint density at radius 1 is 0.658 bits per heavy atom. The minimum absolute atomic E-state index is 0.779. The van der Waals surface area contributed by atoms with Gasteiger partial charge in [-0.25, -0.2) is 0 Å². The van der Waals surface area contributed by atoms with Crippen LogP contribution in [0.25, 0.3) is 22.4 Å². The molecule has 0 fully saturated rings. The lowest BCUT2D eigenvalue weighted by Gasteiger charge is -2.30. The molecule has 182 valence electrons. The number of benzene rings is 4. The average molecular weight is 508 g/mol. The van der Waals surface area contributed by atoms with Crippen LogP contribution in [0.2, 0.25) is 0 Å². The number of ether oxygens (including phenoxy) is 1. The van der Waals surface area contributed by atoms with Crippen molar-refractivity contribution in [3.8, 4) is 33.9 Å². The predicted molar refractivity (Wildman–Crippen MR) is 156 cm³/mol. The lowest BCUT2D eigenvalue weighted by atomic mass is 10.1. The molecule has 0 unspecified atom stereocenters. The molecule has 2 aromatic heterocycles. The number of pyridine rings is 1. The quantitative estimate of drug-likeness (QED) is 0.336. The zero-order chi connectivity index (χ0) is 25.5. The van der Waals surface area contributed by atoms with Crippen molar-refractivity contribution in [3.05, 3.63) is 133 Å². The lowest BCUT2D eigenvalue weighted by Crippen LogP contribution is -2.73. The van der Waals surface area contributed by atoms with E-state index in [0.717, 1.165) is 33.8 Å². The third-order valence-electron chi connectivity index (χ3n) is 7.34. The molecule has 0 bridgehead atoms. The van der Waals surface area contributed by atoms with Crippen LogP contribution in [0.3, 0.4) is 0 Å². The van der Waals surface area contributed by atoms with Crippen LogP contribution in [0.15, 0.2) is 128 Å². The number of hydrogen-bond donors (Lipinski definition) is 1. The van der Waals surface area contributed by atoms with Crippen molar-refractivity contribution >= 4 is 29.0 Å². The number of aromatic nitrogens is 3. The Morgan fingerprint density at radius 3 is 2.03 bits per heavy atom. The number of nitrogens with zero attached hydrogens (tertiary/aromatic N) is 2. The van der Waals surface area contributed by atoms with Crippen LogP contribution in [0.4, 0.5) is 0 Å². The van der Waals surface area contributed by atoms with E-state index in [1.165, 1.54) is 26.7 Å². The SMILES string of the molecule is Cc1cc(-c2cccc(Oc3cccc([Si]4(c5ccccn5)c5ccccc5-c5ccccc54)c3)c2)n[nH]1. The molecule has 4 nitrogen and oxygen atoms in total. The Bertz CT molecular complexity index is 1730. The Morgan fingerprint density at radius 2 is 1.34 bits per heavy atom. The molecule has 1 aliphatic heterocycles. The third kappa shape index (κ3) is 3.51. The van der Waals surface area contributed by atoms with Crippen molar-refractivity contribution in [2.24, 2.45) is 0 Å². The number of aromatic amines is 1. The molecule has 0 amide bonds. The first kappa shape index (κ1) is 22.5. The van der Waals surface area contributed by atoms with Gasteiger partial charge in [0.2, 0.25) is 8.07 Å². The van der Waals surface area contributed by atoms with Gasteiger partial charge in [0.25, 0.3) is 0 Å². The maximum Gasteiger partial charge on any atom is 0.203 e. The van der Waals surface area contributed by atoms with Gasteiger partial charge in [0.1, 0.15) is 11.5 Å². The first-order chi connectivity index (χ1) is 18.7. The van der Waals surface area contributed by atoms with Crippen molar-refractivity contribution in [2.45, 2.75) is 6.92 Å². The van der Waals surface area contributed by atoms with Crippen molar-refractivity contribution < 1.29 is 4.74 Å². The second-order valence-corrected chi connectivity index (χ2v) is 13.3. The first-order valence-electron chi connectivity index (χ1n) is 12.8. The number of fused-ring (bicyclic) bond motifs is 3. The summed E-state index contributed by atoms with van der Waals surface area (Å²) in [4.78, 5) is 4.98. The highest BCUT2D eigenvalue weighted by atomic mass is 28.3. The zero-order valence-electron chi connectivity index (χ0n) is 20.9. The number of hydrogen-bond acceptors (Lipinski definition) is 3. The molecule has 6 aromatic rings. The van der Waals surface area contributed by atoms with E-state index in [1.807, 2.05) is 55.6 Å². The minimum Gasteiger partial charge on any atom is -0.457 e. The molecule has 1 N–H and O–H groups in total. The number of aryl methyl sites for hydroxylation is 1. The monoisotopic (exact) mass is 507 g/mol. The van der Waals surface area contributed by atoms with Gasteiger partial charge in [0.15, 0.2) is 0 Å². The highest BCUT2D eigenvalue weighted by molar-refractivity contribution is 7.21. The van der Waals surface area contributed by atoms with Crippen molar-refractivity contribution in [2.75, 3.05) is 0 Å². The van der Waals surface area contributed by atoms with E-state index < -0.39 is 8.07 Å². The van der Waals surface area contributed by atoms with Crippen LogP contribution in [-0.4, -0.2) is 23.3 Å². The normalized spacial score (nSPS) is 13.1. The highest BCUT2D eigenvalue weighted by Gasteiger charge is 2.49.